The first-order valence-corrected chi connectivity index (χ1v) is 11.6. The van der Waals surface area contributed by atoms with Gasteiger partial charge in [-0.15, -0.1) is 4.40 Å². The molecule has 0 unspecified atom stereocenters. The number of nitrogens with zero attached hydrogens (tertiary/aromatic N) is 2. The van der Waals surface area contributed by atoms with Gasteiger partial charge in [0.25, 0.3) is 10.0 Å². The smallest absolute Gasteiger partial charge is 0.285 e. The quantitative estimate of drug-likeness (QED) is 0.326. The van der Waals surface area contributed by atoms with Gasteiger partial charge in [0.15, 0.2) is 17.9 Å². The number of rotatable bonds is 8. The average Bonchev–Trinajstić information content (AvgIpc) is 2.65. The zero-order valence-corrected chi connectivity index (χ0v) is 19.5. The van der Waals surface area contributed by atoms with Gasteiger partial charge in [0.1, 0.15) is 0 Å². The lowest BCUT2D eigenvalue weighted by atomic mass is 10.0. The highest BCUT2D eigenvalue weighted by atomic mass is 32.2. The van der Waals surface area contributed by atoms with E-state index in [-0.39, 0.29) is 10.8 Å². The summed E-state index contributed by atoms with van der Waals surface area (Å²) in [4.78, 5) is 12.5. The fourth-order valence-corrected chi connectivity index (χ4v) is 4.23. The maximum Gasteiger partial charge on any atom is 0.285 e. The van der Waals surface area contributed by atoms with E-state index in [1.807, 2.05) is 0 Å². The minimum absolute atomic E-state index is 0.0581. The summed E-state index contributed by atoms with van der Waals surface area (Å²) >= 11 is 0. The molecule has 0 bridgehead atoms. The van der Waals surface area contributed by atoms with E-state index in [9.17, 15) is 13.2 Å². The van der Waals surface area contributed by atoms with Crippen LogP contribution in [0, 0.1) is 6.92 Å². The van der Waals surface area contributed by atoms with Crippen LogP contribution in [0.5, 0.6) is 0 Å². The van der Waals surface area contributed by atoms with Gasteiger partial charge in [0, 0.05) is 29.7 Å². The highest BCUT2D eigenvalue weighted by Gasteiger charge is 2.23. The predicted molar refractivity (Wildman–Crippen MR) is 122 cm³/mol. The number of amides is 1. The van der Waals surface area contributed by atoms with Crippen LogP contribution in [0.25, 0.3) is 0 Å². The Morgan fingerprint density at radius 1 is 1.03 bits per heavy atom. The van der Waals surface area contributed by atoms with E-state index in [1.165, 1.54) is 41.2 Å². The SMILES string of the molecule is Cc1cc(C(C)C)[n+](CCC(=O)Nc2ccc(S(=O)(=O)N=C(N)N)cc2)c(C(C)C)c1. The molecule has 2 rings (SSSR count). The molecule has 0 aliphatic carbocycles. The number of hydrogen-bond acceptors (Lipinski definition) is 3. The second kappa shape index (κ2) is 9.91. The first-order valence-electron chi connectivity index (χ1n) is 10.2. The molecular formula is C22H32N5O3S+. The Morgan fingerprint density at radius 3 is 2.00 bits per heavy atom. The third-order valence-corrected chi connectivity index (χ3v) is 6.10. The van der Waals surface area contributed by atoms with Gasteiger partial charge in [0.05, 0.1) is 11.3 Å². The molecule has 2 aromatic rings. The van der Waals surface area contributed by atoms with E-state index in [0.29, 0.717) is 30.5 Å². The Kier molecular flexibility index (Phi) is 7.78. The van der Waals surface area contributed by atoms with E-state index >= 15 is 0 Å². The van der Waals surface area contributed by atoms with Crippen molar-refractivity contribution >= 4 is 27.6 Å². The van der Waals surface area contributed by atoms with Crippen molar-refractivity contribution in [3.8, 4) is 0 Å². The lowest BCUT2D eigenvalue weighted by Gasteiger charge is -2.14. The number of hydrogen-bond donors (Lipinski definition) is 3. The van der Waals surface area contributed by atoms with E-state index in [2.05, 4.69) is 61.0 Å². The van der Waals surface area contributed by atoms with Crippen molar-refractivity contribution in [2.45, 2.75) is 64.3 Å². The molecule has 0 saturated carbocycles. The van der Waals surface area contributed by atoms with Gasteiger partial charge >= 0.3 is 0 Å². The zero-order chi connectivity index (χ0) is 23.3. The molecule has 31 heavy (non-hydrogen) atoms. The summed E-state index contributed by atoms with van der Waals surface area (Å²) in [7, 11) is -3.96. The summed E-state index contributed by atoms with van der Waals surface area (Å²) in [5.41, 5.74) is 14.4. The Labute approximate surface area is 184 Å². The number of anilines is 1. The fourth-order valence-electron chi connectivity index (χ4n) is 3.37. The highest BCUT2D eigenvalue weighted by Crippen LogP contribution is 2.19. The maximum atomic E-state index is 12.5. The summed E-state index contributed by atoms with van der Waals surface area (Å²) in [6.45, 7) is 11.2. The second-order valence-electron chi connectivity index (χ2n) is 8.16. The molecule has 168 valence electrons. The summed E-state index contributed by atoms with van der Waals surface area (Å²) in [5, 5.41) is 2.81. The minimum Gasteiger partial charge on any atom is -0.369 e. The molecule has 5 N–H and O–H groups in total. The number of nitrogens with one attached hydrogen (secondary N) is 1. The number of nitrogens with two attached hydrogens (primary N) is 2. The number of sulfonamides is 1. The third kappa shape index (κ3) is 6.52. The molecule has 0 aliphatic heterocycles. The van der Waals surface area contributed by atoms with Gasteiger partial charge in [-0.2, -0.15) is 13.0 Å². The lowest BCUT2D eigenvalue weighted by Crippen LogP contribution is -2.45. The van der Waals surface area contributed by atoms with Gasteiger partial charge < -0.3 is 16.8 Å². The van der Waals surface area contributed by atoms with Gasteiger partial charge in [-0.1, -0.05) is 27.7 Å². The standard InChI is InChI=1S/C22H31N5O3S/c1-14(2)19-12-16(5)13-20(15(3)4)27(19)11-10-21(28)25-17-6-8-18(9-7-17)31(29,30)26-22(23)24/h6-9,12-15H,10-11H2,1-5H3,(H4-,23,24,25,26,28)/p+1. The van der Waals surface area contributed by atoms with Crippen molar-refractivity contribution in [1.29, 1.82) is 0 Å². The average molecular weight is 447 g/mol. The monoisotopic (exact) mass is 446 g/mol. The van der Waals surface area contributed by atoms with Gasteiger partial charge in [-0.25, -0.2) is 0 Å². The van der Waals surface area contributed by atoms with Crippen LogP contribution in [0.4, 0.5) is 5.69 Å². The molecule has 0 saturated heterocycles. The molecule has 1 amide bonds. The van der Waals surface area contributed by atoms with Crippen LogP contribution in [0.15, 0.2) is 45.7 Å². The number of carbonyl (C=O) groups excluding carboxylic acids is 1. The molecule has 1 aromatic heterocycles. The summed E-state index contributed by atoms with van der Waals surface area (Å²) in [5.74, 6) is -0.0230. The number of carbonyl (C=O) groups is 1. The first-order chi connectivity index (χ1) is 14.4. The molecule has 0 fully saturated rings. The normalized spacial score (nSPS) is 11.6. The van der Waals surface area contributed by atoms with Crippen molar-refractivity contribution in [2.24, 2.45) is 15.9 Å². The second-order valence-corrected chi connectivity index (χ2v) is 9.76. The summed E-state index contributed by atoms with van der Waals surface area (Å²) < 4.78 is 29.5. The maximum absolute atomic E-state index is 12.5. The largest absolute Gasteiger partial charge is 0.369 e. The van der Waals surface area contributed by atoms with Crippen LogP contribution in [0.3, 0.4) is 0 Å². The van der Waals surface area contributed by atoms with Crippen molar-refractivity contribution in [3.63, 3.8) is 0 Å². The van der Waals surface area contributed by atoms with E-state index in [4.69, 9.17) is 11.5 Å². The lowest BCUT2D eigenvalue weighted by molar-refractivity contribution is -0.712. The first kappa shape index (κ1) is 24.3. The van der Waals surface area contributed by atoms with E-state index < -0.39 is 16.0 Å². The van der Waals surface area contributed by atoms with Crippen LogP contribution in [-0.4, -0.2) is 20.3 Å². The Morgan fingerprint density at radius 2 is 1.55 bits per heavy atom. The molecule has 8 nitrogen and oxygen atoms in total. The highest BCUT2D eigenvalue weighted by molar-refractivity contribution is 7.90. The van der Waals surface area contributed by atoms with Crippen molar-refractivity contribution in [2.75, 3.05) is 5.32 Å². The zero-order valence-electron chi connectivity index (χ0n) is 18.7. The Balaban J connectivity index is 2.14. The number of aromatic nitrogens is 1. The van der Waals surface area contributed by atoms with Gasteiger partial charge in [-0.3, -0.25) is 4.79 Å². The molecular weight excluding hydrogens is 414 g/mol. The topological polar surface area (TPSA) is 132 Å². The summed E-state index contributed by atoms with van der Waals surface area (Å²) in [6.07, 6.45) is 0.293. The van der Waals surface area contributed by atoms with Crippen molar-refractivity contribution < 1.29 is 17.8 Å². The fraction of sp³-hybridized carbons (Fsp3) is 0.409. The molecule has 9 heteroatoms. The molecule has 0 aliphatic rings. The minimum atomic E-state index is -3.96. The third-order valence-electron chi connectivity index (χ3n) is 4.78. The van der Waals surface area contributed by atoms with Gasteiger partial charge in [0.2, 0.25) is 11.9 Å². The number of benzene rings is 1. The Hall–Kier alpha value is -2.94. The number of guanidine groups is 1. The molecule has 0 radical (unpaired) electrons. The van der Waals surface area contributed by atoms with Crippen LogP contribution in [0.1, 0.15) is 62.9 Å². The molecule has 0 atom stereocenters. The van der Waals surface area contributed by atoms with Crippen LogP contribution in [0.2, 0.25) is 0 Å². The van der Waals surface area contributed by atoms with Crippen molar-refractivity contribution in [1.82, 2.24) is 0 Å². The van der Waals surface area contributed by atoms with Crippen LogP contribution >= 0.6 is 0 Å². The van der Waals surface area contributed by atoms with Crippen LogP contribution < -0.4 is 21.4 Å². The number of aryl methyl sites for hydroxylation is 1. The van der Waals surface area contributed by atoms with Crippen molar-refractivity contribution in [3.05, 3.63) is 53.3 Å². The number of pyridine rings is 1. The molecule has 1 aromatic carbocycles. The van der Waals surface area contributed by atoms with E-state index in [0.717, 1.165) is 0 Å². The molecule has 1 heterocycles. The van der Waals surface area contributed by atoms with E-state index in [1.54, 1.807) is 0 Å². The molecule has 0 spiro atoms. The van der Waals surface area contributed by atoms with Crippen LogP contribution in [-0.2, 0) is 21.4 Å². The summed E-state index contributed by atoms with van der Waals surface area (Å²) in [6, 6.07) is 10.0. The Bertz CT molecular complexity index is 1040. The predicted octanol–water partition coefficient (Wildman–Crippen LogP) is 2.52. The van der Waals surface area contributed by atoms with Gasteiger partial charge in [-0.05, 0) is 36.8 Å².